The summed E-state index contributed by atoms with van der Waals surface area (Å²) < 4.78 is 22.5. The molecular weight excluding hydrogens is 222 g/mol. The largest absolute Gasteiger partial charge is 0.316 e. The summed E-state index contributed by atoms with van der Waals surface area (Å²) in [6.07, 6.45) is 2.70. The fourth-order valence-corrected chi connectivity index (χ4v) is 2.58. The Balaban J connectivity index is 3.35. The summed E-state index contributed by atoms with van der Waals surface area (Å²) in [6, 6.07) is 0. The van der Waals surface area contributed by atoms with Crippen LogP contribution in [0.5, 0.6) is 0 Å². The lowest BCUT2D eigenvalue weighted by Gasteiger charge is -2.04. The molecule has 3 nitrogen and oxygen atoms in total. The summed E-state index contributed by atoms with van der Waals surface area (Å²) in [4.78, 5) is 0. The molecule has 0 spiro atoms. The van der Waals surface area contributed by atoms with Gasteiger partial charge in [-0.2, -0.15) is 0 Å². The molecule has 0 atom stereocenters. The number of halogens is 1. The van der Waals surface area contributed by atoms with Crippen LogP contribution in [-0.2, 0) is 9.84 Å². The van der Waals surface area contributed by atoms with Crippen molar-refractivity contribution in [2.24, 2.45) is 0 Å². The van der Waals surface area contributed by atoms with Gasteiger partial charge < -0.3 is 5.32 Å². The molecule has 0 saturated carbocycles. The van der Waals surface area contributed by atoms with Crippen molar-refractivity contribution in [1.29, 1.82) is 0 Å². The van der Waals surface area contributed by atoms with Crippen molar-refractivity contribution >= 4 is 21.4 Å². The second-order valence-electron chi connectivity index (χ2n) is 3.30. The molecule has 0 aliphatic heterocycles. The third-order valence-electron chi connectivity index (χ3n) is 1.84. The molecule has 0 aromatic rings. The first-order valence-corrected chi connectivity index (χ1v) is 7.45. The van der Waals surface area contributed by atoms with Crippen LogP contribution in [0.25, 0.3) is 0 Å². The fourth-order valence-electron chi connectivity index (χ4n) is 1.11. The number of sulfone groups is 1. The van der Waals surface area contributed by atoms with Gasteiger partial charge in [0.1, 0.15) is 0 Å². The Morgan fingerprint density at radius 3 is 2.43 bits per heavy atom. The normalized spacial score (nSPS) is 11.9. The van der Waals surface area contributed by atoms with E-state index in [1.807, 2.05) is 6.92 Å². The fraction of sp³-hybridized carbons (Fsp3) is 1.00. The molecule has 0 aromatic carbocycles. The summed E-state index contributed by atoms with van der Waals surface area (Å²) in [7, 11) is -2.81. The van der Waals surface area contributed by atoms with Crippen molar-refractivity contribution in [2.45, 2.75) is 26.2 Å². The lowest BCUT2D eigenvalue weighted by molar-refractivity contribution is 0.587. The van der Waals surface area contributed by atoms with Crippen molar-refractivity contribution in [3.05, 3.63) is 0 Å². The molecule has 5 heteroatoms. The maximum absolute atomic E-state index is 11.3. The third-order valence-corrected chi connectivity index (χ3v) is 3.97. The van der Waals surface area contributed by atoms with E-state index in [1.165, 1.54) is 0 Å². The van der Waals surface area contributed by atoms with Crippen LogP contribution in [0, 0.1) is 0 Å². The van der Waals surface area contributed by atoms with Crippen LogP contribution in [-0.4, -0.2) is 38.9 Å². The van der Waals surface area contributed by atoms with E-state index in [2.05, 4.69) is 5.32 Å². The number of hydrogen-bond donors (Lipinski definition) is 1. The predicted octanol–water partition coefficient (Wildman–Crippen LogP) is 1.42. The summed E-state index contributed by atoms with van der Waals surface area (Å²) >= 11 is 5.50. The highest BCUT2D eigenvalue weighted by atomic mass is 35.5. The number of unbranched alkanes of at least 4 members (excludes halogenated alkanes) is 1. The first-order chi connectivity index (χ1) is 6.62. The summed E-state index contributed by atoms with van der Waals surface area (Å²) in [6.45, 7) is 3.30. The minimum atomic E-state index is -2.81. The smallest absolute Gasteiger partial charge is 0.151 e. The molecule has 0 aromatic heterocycles. The summed E-state index contributed by atoms with van der Waals surface area (Å²) in [5.74, 6) is 1.23. The van der Waals surface area contributed by atoms with Gasteiger partial charge in [-0.15, -0.1) is 11.6 Å². The van der Waals surface area contributed by atoms with Crippen LogP contribution >= 0.6 is 11.6 Å². The first-order valence-electron chi connectivity index (χ1n) is 5.09. The van der Waals surface area contributed by atoms with Crippen LogP contribution in [0.15, 0.2) is 0 Å². The summed E-state index contributed by atoms with van der Waals surface area (Å²) in [5, 5.41) is 3.10. The predicted molar refractivity (Wildman–Crippen MR) is 61.8 cm³/mol. The monoisotopic (exact) mass is 241 g/mol. The Bertz CT molecular complexity index is 217. The maximum Gasteiger partial charge on any atom is 0.151 e. The molecule has 0 bridgehead atoms. The van der Waals surface area contributed by atoms with Gasteiger partial charge in [0.25, 0.3) is 0 Å². The Labute approximate surface area is 92.1 Å². The Kier molecular flexibility index (Phi) is 8.63. The van der Waals surface area contributed by atoms with E-state index < -0.39 is 9.84 Å². The van der Waals surface area contributed by atoms with E-state index in [9.17, 15) is 8.42 Å². The van der Waals surface area contributed by atoms with Crippen molar-refractivity contribution < 1.29 is 8.42 Å². The molecule has 0 saturated heterocycles. The lowest BCUT2D eigenvalue weighted by Crippen LogP contribution is -2.25. The molecule has 0 rings (SSSR count). The first kappa shape index (κ1) is 14.2. The van der Waals surface area contributed by atoms with Crippen LogP contribution in [0.2, 0.25) is 0 Å². The van der Waals surface area contributed by atoms with Gasteiger partial charge in [0.15, 0.2) is 9.84 Å². The van der Waals surface area contributed by atoms with Gasteiger partial charge in [0.2, 0.25) is 0 Å². The van der Waals surface area contributed by atoms with E-state index in [-0.39, 0.29) is 5.75 Å². The zero-order valence-corrected chi connectivity index (χ0v) is 10.3. The van der Waals surface area contributed by atoms with Gasteiger partial charge in [-0.25, -0.2) is 8.42 Å². The molecule has 0 aliphatic rings. The van der Waals surface area contributed by atoms with Crippen molar-refractivity contribution in [3.8, 4) is 0 Å². The molecule has 0 amide bonds. The lowest BCUT2D eigenvalue weighted by atomic mass is 10.3. The van der Waals surface area contributed by atoms with E-state index in [4.69, 9.17) is 11.6 Å². The topological polar surface area (TPSA) is 46.2 Å². The van der Waals surface area contributed by atoms with Crippen LogP contribution < -0.4 is 5.32 Å². The minimum Gasteiger partial charge on any atom is -0.316 e. The van der Waals surface area contributed by atoms with E-state index in [0.717, 1.165) is 19.4 Å². The third kappa shape index (κ3) is 8.78. The van der Waals surface area contributed by atoms with Crippen molar-refractivity contribution in [1.82, 2.24) is 5.32 Å². The molecule has 86 valence electrons. The van der Waals surface area contributed by atoms with Crippen molar-refractivity contribution in [2.75, 3.05) is 30.5 Å². The quantitative estimate of drug-likeness (QED) is 0.491. The van der Waals surface area contributed by atoms with E-state index in [1.54, 1.807) is 0 Å². The Morgan fingerprint density at radius 2 is 1.86 bits per heavy atom. The molecule has 1 N–H and O–H groups in total. The van der Waals surface area contributed by atoms with Crippen LogP contribution in [0.1, 0.15) is 26.2 Å². The van der Waals surface area contributed by atoms with Crippen LogP contribution in [0.3, 0.4) is 0 Å². The molecule has 0 unspecified atom stereocenters. The number of rotatable bonds is 9. The molecule has 14 heavy (non-hydrogen) atoms. The average Bonchev–Trinajstić information content (AvgIpc) is 2.11. The van der Waals surface area contributed by atoms with Gasteiger partial charge in [0.05, 0.1) is 5.75 Å². The molecular formula is C9H20ClNO2S. The molecule has 0 heterocycles. The minimum absolute atomic E-state index is 0.252. The van der Waals surface area contributed by atoms with Crippen LogP contribution in [0.4, 0.5) is 0 Å². The molecule has 0 aliphatic carbocycles. The highest BCUT2D eigenvalue weighted by Gasteiger charge is 2.07. The second kappa shape index (κ2) is 8.50. The average molecular weight is 242 g/mol. The number of alkyl halides is 1. The zero-order chi connectivity index (χ0) is 10.9. The highest BCUT2D eigenvalue weighted by Crippen LogP contribution is 1.93. The highest BCUT2D eigenvalue weighted by molar-refractivity contribution is 7.91. The number of hydrogen-bond acceptors (Lipinski definition) is 3. The zero-order valence-electron chi connectivity index (χ0n) is 8.76. The molecule has 0 fully saturated rings. The second-order valence-corrected chi connectivity index (χ2v) is 5.98. The standard InChI is InChI=1S/C9H20ClNO2S/c1-2-8-14(12,13)9-7-11-6-4-3-5-10/h11H,2-9H2,1H3. The van der Waals surface area contributed by atoms with E-state index >= 15 is 0 Å². The van der Waals surface area contributed by atoms with Gasteiger partial charge in [-0.05, 0) is 25.8 Å². The van der Waals surface area contributed by atoms with Gasteiger partial charge in [0, 0.05) is 18.2 Å². The van der Waals surface area contributed by atoms with Gasteiger partial charge in [-0.3, -0.25) is 0 Å². The van der Waals surface area contributed by atoms with Gasteiger partial charge in [-0.1, -0.05) is 6.92 Å². The molecule has 0 radical (unpaired) electrons. The van der Waals surface area contributed by atoms with Gasteiger partial charge >= 0.3 is 0 Å². The van der Waals surface area contributed by atoms with Crippen molar-refractivity contribution in [3.63, 3.8) is 0 Å². The Morgan fingerprint density at radius 1 is 1.14 bits per heavy atom. The maximum atomic E-state index is 11.3. The summed E-state index contributed by atoms with van der Waals surface area (Å²) in [5.41, 5.74) is 0. The number of nitrogens with one attached hydrogen (secondary N) is 1. The SMILES string of the molecule is CCCS(=O)(=O)CCNCCCCCl. The Hall–Kier alpha value is 0.200. The van der Waals surface area contributed by atoms with E-state index in [0.29, 0.717) is 24.6 Å².